The number of aromatic nitrogens is 1. The molecule has 0 saturated heterocycles. The van der Waals surface area contributed by atoms with E-state index in [0.29, 0.717) is 6.04 Å². The Morgan fingerprint density at radius 3 is 3.06 bits per heavy atom. The Bertz CT molecular complexity index is 557. The van der Waals surface area contributed by atoms with E-state index in [1.807, 2.05) is 13.1 Å². The number of fused-ring (bicyclic) bond motifs is 3. The van der Waals surface area contributed by atoms with E-state index in [1.54, 1.807) is 12.1 Å². The number of hydrogen-bond acceptors (Lipinski definition) is 1. The quantitative estimate of drug-likeness (QED) is 0.718. The van der Waals surface area contributed by atoms with Gasteiger partial charge in [0.05, 0.1) is 5.52 Å². The van der Waals surface area contributed by atoms with Crippen LogP contribution in [0.15, 0.2) is 18.2 Å². The van der Waals surface area contributed by atoms with Crippen molar-refractivity contribution in [2.24, 2.45) is 7.05 Å². The molecule has 0 aliphatic carbocycles. The summed E-state index contributed by atoms with van der Waals surface area (Å²) >= 11 is 0. The fourth-order valence-corrected chi connectivity index (χ4v) is 2.64. The topological polar surface area (TPSA) is 17.0 Å². The summed E-state index contributed by atoms with van der Waals surface area (Å²) in [6.45, 7) is 3.06. The van der Waals surface area contributed by atoms with Crippen LogP contribution in [0.3, 0.4) is 0 Å². The predicted octanol–water partition coefficient (Wildman–Crippen LogP) is 2.35. The maximum Gasteiger partial charge on any atom is 0.125 e. The number of benzene rings is 1. The van der Waals surface area contributed by atoms with Crippen LogP contribution < -0.4 is 5.32 Å². The van der Waals surface area contributed by atoms with E-state index in [2.05, 4.69) is 16.8 Å². The van der Waals surface area contributed by atoms with Crippen molar-refractivity contribution in [1.82, 2.24) is 9.88 Å². The van der Waals surface area contributed by atoms with Crippen molar-refractivity contribution < 1.29 is 4.39 Å². The third-order valence-corrected chi connectivity index (χ3v) is 3.53. The van der Waals surface area contributed by atoms with E-state index in [9.17, 15) is 4.39 Å². The van der Waals surface area contributed by atoms with E-state index in [1.165, 1.54) is 16.6 Å². The molecule has 3 rings (SSSR count). The van der Waals surface area contributed by atoms with Crippen molar-refractivity contribution in [3.8, 4) is 0 Å². The predicted molar refractivity (Wildman–Crippen MR) is 62.9 cm³/mol. The van der Waals surface area contributed by atoms with Crippen LogP contribution in [0.2, 0.25) is 0 Å². The minimum atomic E-state index is -0.161. The monoisotopic (exact) mass is 218 g/mol. The van der Waals surface area contributed by atoms with Gasteiger partial charge in [0.1, 0.15) is 5.82 Å². The van der Waals surface area contributed by atoms with E-state index in [4.69, 9.17) is 0 Å². The van der Waals surface area contributed by atoms with E-state index < -0.39 is 0 Å². The van der Waals surface area contributed by atoms with Crippen LogP contribution in [0, 0.1) is 5.82 Å². The number of halogens is 1. The van der Waals surface area contributed by atoms with Crippen LogP contribution in [0.25, 0.3) is 10.9 Å². The maximum absolute atomic E-state index is 13.2. The Labute approximate surface area is 94.1 Å². The van der Waals surface area contributed by atoms with Gasteiger partial charge in [0.2, 0.25) is 0 Å². The highest BCUT2D eigenvalue weighted by Crippen LogP contribution is 2.29. The lowest BCUT2D eigenvalue weighted by atomic mass is 10.00. The van der Waals surface area contributed by atoms with Gasteiger partial charge in [-0.25, -0.2) is 4.39 Å². The molecule has 1 N–H and O–H groups in total. The van der Waals surface area contributed by atoms with Crippen molar-refractivity contribution in [3.63, 3.8) is 0 Å². The lowest BCUT2D eigenvalue weighted by Gasteiger charge is -2.21. The number of hydrogen-bond donors (Lipinski definition) is 1. The van der Waals surface area contributed by atoms with Crippen LogP contribution in [-0.4, -0.2) is 10.6 Å². The first kappa shape index (κ1) is 9.85. The molecule has 0 saturated carbocycles. The molecule has 1 aliphatic rings. The third-order valence-electron chi connectivity index (χ3n) is 3.53. The minimum absolute atomic E-state index is 0.161. The molecule has 2 nitrogen and oxygen atoms in total. The van der Waals surface area contributed by atoms with Gasteiger partial charge in [-0.05, 0) is 37.1 Å². The van der Waals surface area contributed by atoms with Gasteiger partial charge >= 0.3 is 0 Å². The molecule has 1 aliphatic heterocycles. The molecule has 1 atom stereocenters. The summed E-state index contributed by atoms with van der Waals surface area (Å²) in [5, 5.41) is 4.64. The first-order chi connectivity index (χ1) is 7.66. The van der Waals surface area contributed by atoms with Gasteiger partial charge in [0, 0.05) is 30.7 Å². The molecule has 84 valence electrons. The second kappa shape index (κ2) is 3.32. The molecule has 16 heavy (non-hydrogen) atoms. The molecule has 3 heteroatoms. The largest absolute Gasteiger partial charge is 0.346 e. The highest BCUT2D eigenvalue weighted by molar-refractivity contribution is 5.85. The molecule has 0 radical (unpaired) electrons. The van der Waals surface area contributed by atoms with Crippen molar-refractivity contribution >= 4 is 10.9 Å². The van der Waals surface area contributed by atoms with Gasteiger partial charge in [0.15, 0.2) is 0 Å². The second-order valence-electron chi connectivity index (χ2n) is 4.63. The molecule has 2 aromatic rings. The Balaban J connectivity index is 2.32. The summed E-state index contributed by atoms with van der Waals surface area (Å²) < 4.78 is 15.3. The van der Waals surface area contributed by atoms with Crippen LogP contribution in [0.4, 0.5) is 4.39 Å². The van der Waals surface area contributed by atoms with Crippen LogP contribution >= 0.6 is 0 Å². The summed E-state index contributed by atoms with van der Waals surface area (Å²) in [5.41, 5.74) is 3.67. The highest BCUT2D eigenvalue weighted by atomic mass is 19.1. The standard InChI is InChI=1S/C13H15FN2/c1-8-5-11-10-4-3-9(14)6-12(10)16(2)13(11)7-15-8/h3-4,6,8,15H,5,7H2,1-2H3. The Hall–Kier alpha value is -1.35. The average Bonchev–Trinajstić information content (AvgIpc) is 2.52. The number of aryl methyl sites for hydroxylation is 1. The molecule has 0 spiro atoms. The Morgan fingerprint density at radius 2 is 2.25 bits per heavy atom. The minimum Gasteiger partial charge on any atom is -0.346 e. The van der Waals surface area contributed by atoms with Gasteiger partial charge in [0.25, 0.3) is 0 Å². The molecule has 1 unspecified atom stereocenters. The normalized spacial score (nSPS) is 20.1. The van der Waals surface area contributed by atoms with Gasteiger partial charge in [-0.2, -0.15) is 0 Å². The summed E-state index contributed by atoms with van der Waals surface area (Å²) in [7, 11) is 2.01. The fourth-order valence-electron chi connectivity index (χ4n) is 2.64. The van der Waals surface area contributed by atoms with Gasteiger partial charge in [-0.1, -0.05) is 0 Å². The van der Waals surface area contributed by atoms with Crippen LogP contribution in [0.1, 0.15) is 18.2 Å². The summed E-state index contributed by atoms with van der Waals surface area (Å²) in [4.78, 5) is 0. The molecule has 0 amide bonds. The zero-order chi connectivity index (χ0) is 11.3. The summed E-state index contributed by atoms with van der Waals surface area (Å²) in [6.07, 6.45) is 1.03. The van der Waals surface area contributed by atoms with E-state index in [0.717, 1.165) is 18.5 Å². The number of nitrogens with one attached hydrogen (secondary N) is 1. The zero-order valence-corrected chi connectivity index (χ0v) is 9.55. The highest BCUT2D eigenvalue weighted by Gasteiger charge is 2.21. The molecule has 1 aromatic carbocycles. The van der Waals surface area contributed by atoms with E-state index in [-0.39, 0.29) is 5.82 Å². The van der Waals surface area contributed by atoms with Crippen molar-refractivity contribution in [1.29, 1.82) is 0 Å². The van der Waals surface area contributed by atoms with Gasteiger partial charge < -0.3 is 9.88 Å². The third kappa shape index (κ3) is 1.28. The number of nitrogens with zero attached hydrogens (tertiary/aromatic N) is 1. The molecule has 1 aromatic heterocycles. The molecular formula is C13H15FN2. The lowest BCUT2D eigenvalue weighted by Crippen LogP contribution is -2.33. The molecular weight excluding hydrogens is 203 g/mol. The summed E-state index contributed by atoms with van der Waals surface area (Å²) in [6, 6.07) is 5.58. The molecule has 0 fully saturated rings. The lowest BCUT2D eigenvalue weighted by molar-refractivity contribution is 0.500. The van der Waals surface area contributed by atoms with Crippen molar-refractivity contribution in [2.75, 3.05) is 0 Å². The van der Waals surface area contributed by atoms with Crippen LogP contribution in [0.5, 0.6) is 0 Å². The smallest absolute Gasteiger partial charge is 0.125 e. The molecule has 0 bridgehead atoms. The Morgan fingerprint density at radius 1 is 1.44 bits per heavy atom. The van der Waals surface area contributed by atoms with Gasteiger partial charge in [-0.3, -0.25) is 0 Å². The van der Waals surface area contributed by atoms with Gasteiger partial charge in [-0.15, -0.1) is 0 Å². The fraction of sp³-hybridized carbons (Fsp3) is 0.385. The van der Waals surface area contributed by atoms with Crippen LogP contribution in [-0.2, 0) is 20.0 Å². The van der Waals surface area contributed by atoms with Crippen molar-refractivity contribution in [2.45, 2.75) is 25.9 Å². The number of rotatable bonds is 0. The first-order valence-electron chi connectivity index (χ1n) is 5.66. The SMILES string of the molecule is CC1Cc2c(n(C)c3cc(F)ccc23)CN1. The Kier molecular flexibility index (Phi) is 2.04. The zero-order valence-electron chi connectivity index (χ0n) is 9.55. The maximum atomic E-state index is 13.2. The van der Waals surface area contributed by atoms with Crippen molar-refractivity contribution in [3.05, 3.63) is 35.3 Å². The average molecular weight is 218 g/mol. The second-order valence-corrected chi connectivity index (χ2v) is 4.63. The molecule has 2 heterocycles. The first-order valence-corrected chi connectivity index (χ1v) is 5.66. The summed E-state index contributed by atoms with van der Waals surface area (Å²) in [5.74, 6) is -0.161. The van der Waals surface area contributed by atoms with E-state index >= 15 is 0 Å².